The Morgan fingerprint density at radius 2 is 1.86 bits per heavy atom. The van der Waals surface area contributed by atoms with Crippen LogP contribution in [0.3, 0.4) is 0 Å². The molecule has 0 aliphatic carbocycles. The van der Waals surface area contributed by atoms with Crippen molar-refractivity contribution in [2.24, 2.45) is 0 Å². The Kier molecular flexibility index (Phi) is 3.65. The number of hydrogen-bond acceptors (Lipinski definition) is 3. The van der Waals surface area contributed by atoms with Crippen molar-refractivity contribution in [2.45, 2.75) is 0 Å². The van der Waals surface area contributed by atoms with Gasteiger partial charge in [-0.15, -0.1) is 0 Å². The summed E-state index contributed by atoms with van der Waals surface area (Å²) < 4.78 is 0. The Morgan fingerprint density at radius 3 is 2.64 bits per heavy atom. The van der Waals surface area contributed by atoms with E-state index in [0.717, 1.165) is 22.4 Å². The number of amides is 2. The molecule has 0 saturated carbocycles. The van der Waals surface area contributed by atoms with E-state index in [0.29, 0.717) is 5.69 Å². The zero-order chi connectivity index (χ0) is 15.5. The molecular weight excluding hydrogens is 278 g/mol. The molecule has 1 aromatic heterocycles. The summed E-state index contributed by atoms with van der Waals surface area (Å²) in [6.45, 7) is 0. The fraction of sp³-hybridized carbons (Fsp3) is 0.125. The maximum atomic E-state index is 12.1. The predicted octanol–water partition coefficient (Wildman–Crippen LogP) is 3.27. The average molecular weight is 295 g/mol. The number of benzene rings is 2. The number of carbonyl (C=O) groups is 1. The average Bonchev–Trinajstić information content (AvgIpc) is 2.95. The van der Waals surface area contributed by atoms with Crippen molar-refractivity contribution < 1.29 is 4.79 Å². The van der Waals surface area contributed by atoms with Crippen LogP contribution >= 0.6 is 0 Å². The number of nitrogens with one attached hydrogen (secondary N) is 3. The van der Waals surface area contributed by atoms with Gasteiger partial charge in [0.25, 0.3) is 0 Å². The fourth-order valence-electron chi connectivity index (χ4n) is 2.17. The number of carbonyl (C=O) groups excluding carboxylic acids is 1. The molecule has 2 aromatic carbocycles. The Labute approximate surface area is 128 Å². The topological polar surface area (TPSA) is 73.1 Å². The van der Waals surface area contributed by atoms with E-state index in [-0.39, 0.29) is 6.03 Å². The third kappa shape index (κ3) is 3.01. The van der Waals surface area contributed by atoms with Gasteiger partial charge in [0.15, 0.2) is 0 Å². The van der Waals surface area contributed by atoms with Gasteiger partial charge in [0, 0.05) is 31.2 Å². The largest absolute Gasteiger partial charge is 0.378 e. The zero-order valence-corrected chi connectivity index (χ0v) is 12.4. The van der Waals surface area contributed by atoms with Gasteiger partial charge in [0.05, 0.1) is 17.4 Å². The fourth-order valence-corrected chi connectivity index (χ4v) is 2.17. The van der Waals surface area contributed by atoms with Crippen molar-refractivity contribution in [1.82, 2.24) is 9.97 Å². The molecule has 3 aromatic rings. The Balaban J connectivity index is 1.70. The molecule has 1 heterocycles. The van der Waals surface area contributed by atoms with E-state index in [4.69, 9.17) is 0 Å². The lowest BCUT2D eigenvalue weighted by atomic mass is 10.2. The number of aromatic amines is 1. The lowest BCUT2D eigenvalue weighted by Gasteiger charge is -2.14. The predicted molar refractivity (Wildman–Crippen MR) is 89.5 cm³/mol. The SMILES string of the molecule is CN(C)c1cccc(NC(=O)Nc2ccc3nc[nH]c3c2)c1. The van der Waals surface area contributed by atoms with Gasteiger partial charge >= 0.3 is 6.03 Å². The monoisotopic (exact) mass is 295 g/mol. The van der Waals surface area contributed by atoms with Gasteiger partial charge in [-0.2, -0.15) is 0 Å². The normalized spacial score (nSPS) is 10.5. The Bertz CT molecular complexity index is 809. The molecule has 3 N–H and O–H groups in total. The van der Waals surface area contributed by atoms with E-state index >= 15 is 0 Å². The second-order valence-electron chi connectivity index (χ2n) is 5.16. The highest BCUT2D eigenvalue weighted by Crippen LogP contribution is 2.19. The lowest BCUT2D eigenvalue weighted by molar-refractivity contribution is 0.262. The number of rotatable bonds is 3. The number of hydrogen-bond donors (Lipinski definition) is 3. The van der Waals surface area contributed by atoms with Gasteiger partial charge in [-0.1, -0.05) is 6.07 Å². The minimum atomic E-state index is -0.283. The summed E-state index contributed by atoms with van der Waals surface area (Å²) in [5, 5.41) is 5.63. The highest BCUT2D eigenvalue weighted by Gasteiger charge is 2.05. The first kappa shape index (κ1) is 13.9. The van der Waals surface area contributed by atoms with Gasteiger partial charge in [0.2, 0.25) is 0 Å². The molecule has 2 amide bonds. The van der Waals surface area contributed by atoms with Crippen LogP contribution in [0.2, 0.25) is 0 Å². The highest BCUT2D eigenvalue weighted by atomic mass is 16.2. The van der Waals surface area contributed by atoms with Crippen LogP contribution in [-0.2, 0) is 0 Å². The van der Waals surface area contributed by atoms with Crippen LogP contribution in [0, 0.1) is 0 Å². The smallest absolute Gasteiger partial charge is 0.323 e. The molecule has 0 unspecified atom stereocenters. The van der Waals surface area contributed by atoms with Crippen molar-refractivity contribution in [2.75, 3.05) is 29.6 Å². The second kappa shape index (κ2) is 5.77. The van der Waals surface area contributed by atoms with Crippen molar-refractivity contribution >= 4 is 34.1 Å². The highest BCUT2D eigenvalue weighted by molar-refractivity contribution is 6.00. The molecule has 0 aliphatic heterocycles. The number of urea groups is 1. The van der Waals surface area contributed by atoms with Crippen molar-refractivity contribution in [1.29, 1.82) is 0 Å². The Hall–Kier alpha value is -3.02. The Morgan fingerprint density at radius 1 is 1.09 bits per heavy atom. The van der Waals surface area contributed by atoms with Gasteiger partial charge in [-0.05, 0) is 36.4 Å². The molecule has 0 spiro atoms. The maximum Gasteiger partial charge on any atom is 0.323 e. The standard InChI is InChI=1S/C16H17N5O/c1-21(2)13-5-3-4-11(8-13)19-16(22)20-12-6-7-14-15(9-12)18-10-17-14/h3-10H,1-2H3,(H,17,18)(H2,19,20,22). The van der Waals surface area contributed by atoms with E-state index in [2.05, 4.69) is 20.6 Å². The summed E-state index contributed by atoms with van der Waals surface area (Å²) in [6, 6.07) is 12.9. The van der Waals surface area contributed by atoms with Crippen LogP contribution in [-0.4, -0.2) is 30.1 Å². The van der Waals surface area contributed by atoms with E-state index in [1.165, 1.54) is 0 Å². The van der Waals surface area contributed by atoms with Crippen LogP contribution in [0.1, 0.15) is 0 Å². The summed E-state index contributed by atoms with van der Waals surface area (Å²) in [5.74, 6) is 0. The first-order valence-electron chi connectivity index (χ1n) is 6.90. The maximum absolute atomic E-state index is 12.1. The third-order valence-corrected chi connectivity index (χ3v) is 3.30. The molecule has 3 rings (SSSR count). The van der Waals surface area contributed by atoms with Crippen LogP contribution in [0.15, 0.2) is 48.8 Å². The van der Waals surface area contributed by atoms with Crippen LogP contribution in [0.5, 0.6) is 0 Å². The van der Waals surface area contributed by atoms with Crippen molar-refractivity contribution in [3.8, 4) is 0 Å². The molecule has 0 saturated heterocycles. The zero-order valence-electron chi connectivity index (χ0n) is 12.4. The van der Waals surface area contributed by atoms with Gasteiger partial charge in [0.1, 0.15) is 0 Å². The van der Waals surface area contributed by atoms with E-state index < -0.39 is 0 Å². The molecular formula is C16H17N5O. The number of fused-ring (bicyclic) bond motifs is 1. The molecule has 0 radical (unpaired) electrons. The van der Waals surface area contributed by atoms with Crippen LogP contribution in [0.25, 0.3) is 11.0 Å². The summed E-state index contributed by atoms with van der Waals surface area (Å²) >= 11 is 0. The molecule has 0 bridgehead atoms. The number of nitrogens with zero attached hydrogens (tertiary/aromatic N) is 2. The summed E-state index contributed by atoms with van der Waals surface area (Å²) in [7, 11) is 3.91. The van der Waals surface area contributed by atoms with Gasteiger partial charge in [-0.25, -0.2) is 9.78 Å². The molecule has 22 heavy (non-hydrogen) atoms. The number of H-pyrrole nitrogens is 1. The quantitative estimate of drug-likeness (QED) is 0.694. The summed E-state index contributed by atoms with van der Waals surface area (Å²) in [4.78, 5) is 21.2. The molecule has 0 fully saturated rings. The van der Waals surface area contributed by atoms with Crippen molar-refractivity contribution in [3.05, 3.63) is 48.8 Å². The molecule has 0 atom stereocenters. The minimum Gasteiger partial charge on any atom is -0.378 e. The molecule has 0 aliphatic rings. The third-order valence-electron chi connectivity index (χ3n) is 3.30. The van der Waals surface area contributed by atoms with Crippen LogP contribution in [0.4, 0.5) is 21.9 Å². The van der Waals surface area contributed by atoms with E-state index in [1.54, 1.807) is 6.33 Å². The summed E-state index contributed by atoms with van der Waals surface area (Å²) in [5.41, 5.74) is 4.22. The first-order valence-corrected chi connectivity index (χ1v) is 6.90. The molecule has 112 valence electrons. The summed E-state index contributed by atoms with van der Waals surface area (Å²) in [6.07, 6.45) is 1.63. The van der Waals surface area contributed by atoms with Crippen LogP contribution < -0.4 is 15.5 Å². The van der Waals surface area contributed by atoms with E-state index in [1.807, 2.05) is 61.5 Å². The number of aromatic nitrogens is 2. The van der Waals surface area contributed by atoms with Gasteiger partial charge in [-0.3, -0.25) is 0 Å². The first-order chi connectivity index (χ1) is 10.6. The molecule has 6 nitrogen and oxygen atoms in total. The number of imidazole rings is 1. The minimum absolute atomic E-state index is 0.283. The second-order valence-corrected chi connectivity index (χ2v) is 5.16. The van der Waals surface area contributed by atoms with Gasteiger partial charge < -0.3 is 20.5 Å². The number of anilines is 3. The lowest BCUT2D eigenvalue weighted by Crippen LogP contribution is -2.19. The molecule has 6 heteroatoms. The van der Waals surface area contributed by atoms with E-state index in [9.17, 15) is 4.79 Å². The van der Waals surface area contributed by atoms with Crippen molar-refractivity contribution in [3.63, 3.8) is 0 Å².